The summed E-state index contributed by atoms with van der Waals surface area (Å²) in [5.41, 5.74) is 0.858. The van der Waals surface area contributed by atoms with Crippen molar-refractivity contribution in [3.05, 3.63) is 48.5 Å². The number of hydrogen-bond acceptors (Lipinski definition) is 3. The number of nitrogens with two attached hydrogens (primary N) is 1. The lowest BCUT2D eigenvalue weighted by molar-refractivity contribution is 0.587. The van der Waals surface area contributed by atoms with Crippen LogP contribution in [0.3, 0.4) is 0 Å². The third kappa shape index (κ3) is 2.48. The minimum absolute atomic E-state index is 0.00875. The maximum atomic E-state index is 13.4. The Labute approximate surface area is 98.0 Å². The molecule has 0 amide bonds. The van der Waals surface area contributed by atoms with Crippen LogP contribution in [-0.2, 0) is 10.0 Å². The average molecular weight is 252 g/mol. The van der Waals surface area contributed by atoms with Crippen LogP contribution in [0, 0.1) is 5.95 Å². The highest BCUT2D eigenvalue weighted by Crippen LogP contribution is 2.22. The number of sulfonamides is 1. The van der Waals surface area contributed by atoms with Gasteiger partial charge >= 0.3 is 0 Å². The molecule has 1 aromatic heterocycles. The second-order valence-electron chi connectivity index (χ2n) is 3.41. The highest BCUT2D eigenvalue weighted by atomic mass is 32.2. The summed E-state index contributed by atoms with van der Waals surface area (Å²) in [6.07, 6.45) is 1.34. The van der Waals surface area contributed by atoms with Gasteiger partial charge in [-0.25, -0.2) is 18.5 Å². The van der Waals surface area contributed by atoms with E-state index in [0.29, 0.717) is 11.1 Å². The molecule has 0 atom stereocenters. The standard InChI is InChI=1S/C11H9FN2O2S/c12-11-10(2-1-7-14-11)8-3-5-9(6-4-8)17(13,15)16/h1-7H,(H2,13,15,16). The molecule has 2 N–H and O–H groups in total. The Morgan fingerprint density at radius 3 is 2.29 bits per heavy atom. The van der Waals surface area contributed by atoms with E-state index in [4.69, 9.17) is 5.14 Å². The van der Waals surface area contributed by atoms with E-state index in [9.17, 15) is 12.8 Å². The van der Waals surface area contributed by atoms with E-state index in [1.165, 1.54) is 30.5 Å². The molecule has 6 heteroatoms. The van der Waals surface area contributed by atoms with Gasteiger partial charge in [-0.3, -0.25) is 0 Å². The van der Waals surface area contributed by atoms with Crippen LogP contribution in [0.15, 0.2) is 47.5 Å². The summed E-state index contributed by atoms with van der Waals surface area (Å²) in [5.74, 6) is -0.601. The number of aromatic nitrogens is 1. The molecule has 0 aliphatic rings. The molecule has 2 aromatic rings. The van der Waals surface area contributed by atoms with Crippen LogP contribution in [0.25, 0.3) is 11.1 Å². The predicted molar refractivity (Wildman–Crippen MR) is 61.0 cm³/mol. The minimum Gasteiger partial charge on any atom is -0.228 e. The van der Waals surface area contributed by atoms with Gasteiger partial charge in [0.05, 0.1) is 4.90 Å². The molecule has 0 fully saturated rings. The number of benzene rings is 1. The number of pyridine rings is 1. The van der Waals surface area contributed by atoms with Crippen LogP contribution in [0.1, 0.15) is 0 Å². The number of nitrogens with zero attached hydrogens (tertiary/aromatic N) is 1. The second-order valence-corrected chi connectivity index (χ2v) is 4.97. The molecular formula is C11H9FN2O2S. The molecular weight excluding hydrogens is 243 g/mol. The molecule has 1 aromatic carbocycles. The molecule has 88 valence electrons. The summed E-state index contributed by atoms with van der Waals surface area (Å²) in [7, 11) is -3.72. The smallest absolute Gasteiger partial charge is 0.228 e. The van der Waals surface area contributed by atoms with Crippen molar-refractivity contribution in [2.24, 2.45) is 5.14 Å². The fourth-order valence-corrected chi connectivity index (χ4v) is 1.94. The van der Waals surface area contributed by atoms with E-state index in [2.05, 4.69) is 4.98 Å². The van der Waals surface area contributed by atoms with Crippen molar-refractivity contribution in [2.45, 2.75) is 4.90 Å². The zero-order chi connectivity index (χ0) is 12.5. The number of halogens is 1. The number of hydrogen-bond donors (Lipinski definition) is 1. The van der Waals surface area contributed by atoms with Gasteiger partial charge in [-0.05, 0) is 29.8 Å². The van der Waals surface area contributed by atoms with Crippen LogP contribution < -0.4 is 5.14 Å². The lowest BCUT2D eigenvalue weighted by Crippen LogP contribution is -2.11. The maximum absolute atomic E-state index is 13.4. The Kier molecular flexibility index (Phi) is 2.91. The molecule has 0 bridgehead atoms. The maximum Gasteiger partial charge on any atom is 0.238 e. The Morgan fingerprint density at radius 1 is 1.12 bits per heavy atom. The van der Waals surface area contributed by atoms with Crippen LogP contribution >= 0.6 is 0 Å². The third-order valence-corrected chi connectivity index (χ3v) is 3.18. The first-order chi connectivity index (χ1) is 7.98. The third-order valence-electron chi connectivity index (χ3n) is 2.25. The fraction of sp³-hybridized carbons (Fsp3) is 0. The summed E-state index contributed by atoms with van der Waals surface area (Å²) in [5, 5.41) is 4.96. The topological polar surface area (TPSA) is 73.1 Å². The van der Waals surface area contributed by atoms with Crippen LogP contribution in [0.2, 0.25) is 0 Å². The summed E-state index contributed by atoms with van der Waals surface area (Å²) < 4.78 is 35.4. The Balaban J connectivity index is 2.47. The minimum atomic E-state index is -3.72. The molecule has 0 saturated carbocycles. The van der Waals surface area contributed by atoms with Gasteiger partial charge in [0, 0.05) is 11.8 Å². The summed E-state index contributed by atoms with van der Waals surface area (Å²) >= 11 is 0. The molecule has 0 unspecified atom stereocenters. The molecule has 4 nitrogen and oxygen atoms in total. The lowest BCUT2D eigenvalue weighted by atomic mass is 10.1. The van der Waals surface area contributed by atoms with E-state index in [1.54, 1.807) is 12.1 Å². The van der Waals surface area contributed by atoms with Gasteiger partial charge in [0.25, 0.3) is 0 Å². The van der Waals surface area contributed by atoms with Gasteiger partial charge in [0.1, 0.15) is 0 Å². The molecule has 17 heavy (non-hydrogen) atoms. The van der Waals surface area contributed by atoms with Crippen molar-refractivity contribution >= 4 is 10.0 Å². The van der Waals surface area contributed by atoms with Gasteiger partial charge < -0.3 is 0 Å². The quantitative estimate of drug-likeness (QED) is 0.824. The highest BCUT2D eigenvalue weighted by Gasteiger charge is 2.09. The average Bonchev–Trinajstić information content (AvgIpc) is 2.29. The van der Waals surface area contributed by atoms with Gasteiger partial charge in [-0.2, -0.15) is 4.39 Å². The van der Waals surface area contributed by atoms with E-state index in [-0.39, 0.29) is 4.90 Å². The van der Waals surface area contributed by atoms with Gasteiger partial charge in [0.2, 0.25) is 16.0 Å². The van der Waals surface area contributed by atoms with Gasteiger partial charge in [0.15, 0.2) is 0 Å². The number of primary sulfonamides is 1. The molecule has 2 rings (SSSR count). The Morgan fingerprint density at radius 2 is 1.76 bits per heavy atom. The Hall–Kier alpha value is -1.79. The summed E-state index contributed by atoms with van der Waals surface area (Å²) in [6.45, 7) is 0. The Bertz CT molecular complexity index is 639. The van der Waals surface area contributed by atoms with Crippen molar-refractivity contribution < 1.29 is 12.8 Å². The van der Waals surface area contributed by atoms with E-state index in [0.717, 1.165) is 0 Å². The SMILES string of the molecule is NS(=O)(=O)c1ccc(-c2cccnc2F)cc1. The van der Waals surface area contributed by atoms with E-state index >= 15 is 0 Å². The molecule has 0 aliphatic heterocycles. The molecule has 0 radical (unpaired) electrons. The van der Waals surface area contributed by atoms with E-state index in [1.807, 2.05) is 0 Å². The first-order valence-corrected chi connectivity index (χ1v) is 6.27. The van der Waals surface area contributed by atoms with Crippen molar-refractivity contribution in [2.75, 3.05) is 0 Å². The molecule has 0 saturated heterocycles. The summed E-state index contributed by atoms with van der Waals surface area (Å²) in [6, 6.07) is 8.80. The largest absolute Gasteiger partial charge is 0.238 e. The molecule has 0 spiro atoms. The normalized spacial score (nSPS) is 11.4. The van der Waals surface area contributed by atoms with Crippen molar-refractivity contribution in [3.63, 3.8) is 0 Å². The fourth-order valence-electron chi connectivity index (χ4n) is 1.43. The predicted octanol–water partition coefficient (Wildman–Crippen LogP) is 1.54. The summed E-state index contributed by atoms with van der Waals surface area (Å²) in [4.78, 5) is 3.51. The number of rotatable bonds is 2. The monoisotopic (exact) mass is 252 g/mol. The van der Waals surface area contributed by atoms with E-state index < -0.39 is 16.0 Å². The van der Waals surface area contributed by atoms with Crippen molar-refractivity contribution in [1.82, 2.24) is 4.98 Å². The van der Waals surface area contributed by atoms with Gasteiger partial charge in [-0.15, -0.1) is 0 Å². The highest BCUT2D eigenvalue weighted by molar-refractivity contribution is 7.89. The van der Waals surface area contributed by atoms with Crippen LogP contribution in [-0.4, -0.2) is 13.4 Å². The van der Waals surface area contributed by atoms with Crippen LogP contribution in [0.5, 0.6) is 0 Å². The van der Waals surface area contributed by atoms with Gasteiger partial charge in [-0.1, -0.05) is 12.1 Å². The second kappa shape index (κ2) is 4.23. The zero-order valence-corrected chi connectivity index (χ0v) is 9.49. The van der Waals surface area contributed by atoms with Crippen molar-refractivity contribution in [1.29, 1.82) is 0 Å². The molecule has 1 heterocycles. The first-order valence-electron chi connectivity index (χ1n) is 4.72. The lowest BCUT2D eigenvalue weighted by Gasteiger charge is -2.03. The van der Waals surface area contributed by atoms with Crippen molar-refractivity contribution in [3.8, 4) is 11.1 Å². The van der Waals surface area contributed by atoms with Crippen LogP contribution in [0.4, 0.5) is 4.39 Å². The zero-order valence-electron chi connectivity index (χ0n) is 8.67. The molecule has 0 aliphatic carbocycles. The first kappa shape index (κ1) is 11.7.